The number of hydrogen-bond acceptors (Lipinski definition) is 2. The van der Waals surface area contributed by atoms with Crippen LogP contribution in [0, 0.1) is 12.8 Å². The largest absolute Gasteiger partial charge is 0.446 e. The summed E-state index contributed by atoms with van der Waals surface area (Å²) in [4.78, 5) is 4.40. The van der Waals surface area contributed by atoms with Gasteiger partial charge in [0, 0.05) is 6.42 Å². The lowest BCUT2D eigenvalue weighted by Gasteiger charge is -1.97. The van der Waals surface area contributed by atoms with Gasteiger partial charge in [0.25, 0.3) is 0 Å². The van der Waals surface area contributed by atoms with Gasteiger partial charge in [-0.05, 0) is 19.3 Å². The highest BCUT2D eigenvalue weighted by atomic mass is 16.4. The van der Waals surface area contributed by atoms with Crippen LogP contribution in [0.15, 0.2) is 4.42 Å². The summed E-state index contributed by atoms with van der Waals surface area (Å²) < 4.78 is 5.51. The van der Waals surface area contributed by atoms with E-state index in [4.69, 9.17) is 4.42 Å². The Kier molecular flexibility index (Phi) is 2.90. The van der Waals surface area contributed by atoms with E-state index >= 15 is 0 Å². The molecule has 0 atom stereocenters. The molecule has 0 aliphatic heterocycles. The minimum absolute atomic E-state index is 0.618. The van der Waals surface area contributed by atoms with Crippen molar-refractivity contribution in [2.45, 2.75) is 40.5 Å². The third-order valence-electron chi connectivity index (χ3n) is 1.85. The number of rotatable bonds is 3. The Labute approximate surface area is 74.0 Å². The predicted octanol–water partition coefficient (Wildman–Crippen LogP) is 2.74. The Morgan fingerprint density at radius 3 is 2.50 bits per heavy atom. The summed E-state index contributed by atoms with van der Waals surface area (Å²) in [6.45, 7) is 8.43. The number of aromatic nitrogens is 1. The monoisotopic (exact) mass is 167 g/mol. The highest BCUT2D eigenvalue weighted by molar-refractivity contribution is 5.07. The van der Waals surface area contributed by atoms with Gasteiger partial charge in [-0.25, -0.2) is 4.98 Å². The van der Waals surface area contributed by atoms with E-state index in [1.165, 1.54) is 0 Å². The van der Waals surface area contributed by atoms with Crippen molar-refractivity contribution in [2.75, 3.05) is 0 Å². The van der Waals surface area contributed by atoms with Crippen LogP contribution < -0.4 is 0 Å². The molecule has 0 spiro atoms. The molecule has 1 aromatic rings. The lowest BCUT2D eigenvalue weighted by Crippen LogP contribution is -1.94. The van der Waals surface area contributed by atoms with E-state index in [9.17, 15) is 0 Å². The SMILES string of the molecule is CCc1nc(CC(C)C)oc1C. The lowest BCUT2D eigenvalue weighted by atomic mass is 10.1. The van der Waals surface area contributed by atoms with E-state index in [1.807, 2.05) is 6.92 Å². The fraction of sp³-hybridized carbons (Fsp3) is 0.700. The van der Waals surface area contributed by atoms with Crippen molar-refractivity contribution in [1.82, 2.24) is 4.98 Å². The first-order chi connectivity index (χ1) is 5.63. The molecule has 0 saturated heterocycles. The minimum Gasteiger partial charge on any atom is -0.446 e. The van der Waals surface area contributed by atoms with Crippen LogP contribution in [0.25, 0.3) is 0 Å². The summed E-state index contributed by atoms with van der Waals surface area (Å²) in [7, 11) is 0. The number of nitrogens with zero attached hydrogens (tertiary/aromatic N) is 1. The first-order valence-electron chi connectivity index (χ1n) is 4.58. The summed E-state index contributed by atoms with van der Waals surface area (Å²) in [6.07, 6.45) is 1.91. The normalized spacial score (nSPS) is 11.1. The average molecular weight is 167 g/mol. The highest BCUT2D eigenvalue weighted by Crippen LogP contribution is 2.13. The molecular formula is C10H17NO. The molecule has 1 heterocycles. The number of oxazole rings is 1. The maximum atomic E-state index is 5.51. The molecule has 0 amide bonds. The van der Waals surface area contributed by atoms with Gasteiger partial charge in [0.1, 0.15) is 5.76 Å². The van der Waals surface area contributed by atoms with Gasteiger partial charge >= 0.3 is 0 Å². The van der Waals surface area contributed by atoms with Gasteiger partial charge in [-0.2, -0.15) is 0 Å². The van der Waals surface area contributed by atoms with Gasteiger partial charge in [-0.3, -0.25) is 0 Å². The molecule has 0 saturated carbocycles. The van der Waals surface area contributed by atoms with Gasteiger partial charge < -0.3 is 4.42 Å². The van der Waals surface area contributed by atoms with E-state index in [2.05, 4.69) is 25.8 Å². The van der Waals surface area contributed by atoms with Crippen LogP contribution in [0.4, 0.5) is 0 Å². The first-order valence-corrected chi connectivity index (χ1v) is 4.58. The van der Waals surface area contributed by atoms with Crippen LogP contribution >= 0.6 is 0 Å². The van der Waals surface area contributed by atoms with Crippen molar-refractivity contribution in [3.05, 3.63) is 17.3 Å². The zero-order valence-electron chi connectivity index (χ0n) is 8.35. The quantitative estimate of drug-likeness (QED) is 0.691. The molecule has 2 nitrogen and oxygen atoms in total. The maximum Gasteiger partial charge on any atom is 0.194 e. The second-order valence-corrected chi connectivity index (χ2v) is 3.56. The van der Waals surface area contributed by atoms with Crippen LogP contribution in [-0.2, 0) is 12.8 Å². The van der Waals surface area contributed by atoms with Crippen molar-refractivity contribution in [2.24, 2.45) is 5.92 Å². The zero-order chi connectivity index (χ0) is 9.14. The summed E-state index contributed by atoms with van der Waals surface area (Å²) >= 11 is 0. The molecule has 2 heteroatoms. The summed E-state index contributed by atoms with van der Waals surface area (Å²) in [5.74, 6) is 2.49. The number of hydrogen-bond donors (Lipinski definition) is 0. The van der Waals surface area contributed by atoms with Crippen LogP contribution in [-0.4, -0.2) is 4.98 Å². The van der Waals surface area contributed by atoms with E-state index in [1.54, 1.807) is 0 Å². The molecule has 0 aliphatic carbocycles. The van der Waals surface area contributed by atoms with Crippen molar-refractivity contribution >= 4 is 0 Å². The van der Waals surface area contributed by atoms with Crippen LogP contribution in [0.5, 0.6) is 0 Å². The van der Waals surface area contributed by atoms with Crippen LogP contribution in [0.1, 0.15) is 38.1 Å². The van der Waals surface area contributed by atoms with Gasteiger partial charge in [0.05, 0.1) is 5.69 Å². The smallest absolute Gasteiger partial charge is 0.194 e. The molecule has 1 rings (SSSR count). The fourth-order valence-corrected chi connectivity index (χ4v) is 1.25. The topological polar surface area (TPSA) is 26.0 Å². The van der Waals surface area contributed by atoms with E-state index in [0.717, 1.165) is 30.2 Å². The molecule has 0 radical (unpaired) electrons. The Morgan fingerprint density at radius 2 is 2.08 bits per heavy atom. The molecule has 0 aromatic carbocycles. The van der Waals surface area contributed by atoms with E-state index in [-0.39, 0.29) is 0 Å². The van der Waals surface area contributed by atoms with Crippen LogP contribution in [0.2, 0.25) is 0 Å². The molecule has 0 fully saturated rings. The van der Waals surface area contributed by atoms with Crippen molar-refractivity contribution < 1.29 is 4.42 Å². The highest BCUT2D eigenvalue weighted by Gasteiger charge is 2.08. The number of aryl methyl sites for hydroxylation is 2. The summed E-state index contributed by atoms with van der Waals surface area (Å²) in [5.41, 5.74) is 1.10. The standard InChI is InChI=1S/C10H17NO/c1-5-9-8(4)12-10(11-9)6-7(2)3/h7H,5-6H2,1-4H3. The second-order valence-electron chi connectivity index (χ2n) is 3.56. The molecule has 0 bridgehead atoms. The van der Waals surface area contributed by atoms with Crippen molar-refractivity contribution in [3.8, 4) is 0 Å². The third-order valence-corrected chi connectivity index (χ3v) is 1.85. The molecule has 12 heavy (non-hydrogen) atoms. The summed E-state index contributed by atoms with van der Waals surface area (Å²) in [5, 5.41) is 0. The van der Waals surface area contributed by atoms with E-state index < -0.39 is 0 Å². The van der Waals surface area contributed by atoms with Crippen LogP contribution in [0.3, 0.4) is 0 Å². The molecular weight excluding hydrogens is 150 g/mol. The zero-order valence-corrected chi connectivity index (χ0v) is 8.35. The fourth-order valence-electron chi connectivity index (χ4n) is 1.25. The first kappa shape index (κ1) is 9.30. The van der Waals surface area contributed by atoms with Gasteiger partial charge in [0.15, 0.2) is 5.89 Å². The molecule has 1 aromatic heterocycles. The molecule has 0 N–H and O–H groups in total. The third kappa shape index (κ3) is 2.10. The van der Waals surface area contributed by atoms with E-state index in [0.29, 0.717) is 5.92 Å². The van der Waals surface area contributed by atoms with Gasteiger partial charge in [0.2, 0.25) is 0 Å². The Balaban J connectivity index is 2.75. The predicted molar refractivity (Wildman–Crippen MR) is 49.2 cm³/mol. The Bertz CT molecular complexity index is 250. The minimum atomic E-state index is 0.618. The van der Waals surface area contributed by atoms with Crippen molar-refractivity contribution in [1.29, 1.82) is 0 Å². The Morgan fingerprint density at radius 1 is 1.42 bits per heavy atom. The average Bonchev–Trinajstić information content (AvgIpc) is 2.29. The maximum absolute atomic E-state index is 5.51. The van der Waals surface area contributed by atoms with Gasteiger partial charge in [-0.15, -0.1) is 0 Å². The lowest BCUT2D eigenvalue weighted by molar-refractivity contribution is 0.440. The summed E-state index contributed by atoms with van der Waals surface area (Å²) in [6, 6.07) is 0. The molecule has 0 aliphatic rings. The van der Waals surface area contributed by atoms with Gasteiger partial charge in [-0.1, -0.05) is 20.8 Å². The Hall–Kier alpha value is -0.790. The molecule has 0 unspecified atom stereocenters. The van der Waals surface area contributed by atoms with Crippen molar-refractivity contribution in [3.63, 3.8) is 0 Å². The molecule has 68 valence electrons. The second kappa shape index (κ2) is 3.74.